The predicted molar refractivity (Wildman–Crippen MR) is 95.8 cm³/mol. The summed E-state index contributed by atoms with van der Waals surface area (Å²) in [7, 11) is 0. The molecular formula is C18H14Cl2N2O2. The summed E-state index contributed by atoms with van der Waals surface area (Å²) in [6.45, 7) is 0.375. The maximum Gasteiger partial charge on any atom is 0.292 e. The number of hydrogen-bond acceptors (Lipinski definition) is 2. The summed E-state index contributed by atoms with van der Waals surface area (Å²) in [6.07, 6.45) is 2.15. The molecule has 2 N–H and O–H groups in total. The molecule has 6 heteroatoms. The smallest absolute Gasteiger partial charge is 0.292 e. The normalized spacial score (nSPS) is 10.8. The molecule has 0 fully saturated rings. The van der Waals surface area contributed by atoms with Crippen molar-refractivity contribution in [1.29, 1.82) is 0 Å². The van der Waals surface area contributed by atoms with Crippen LogP contribution in [0, 0.1) is 0 Å². The number of H-pyrrole nitrogens is 1. The van der Waals surface area contributed by atoms with Gasteiger partial charge in [-0.05, 0) is 36.2 Å². The number of aromatic amines is 1. The Bertz CT molecular complexity index is 901. The number of carbonyl (C=O) groups excluding carboxylic acids is 2. The molecule has 122 valence electrons. The molecule has 1 heterocycles. The molecule has 24 heavy (non-hydrogen) atoms. The SMILES string of the molecule is O=C(NCCc1ccc(Cl)cc1)C(=O)c1c[nH]c2cc(Cl)ccc12. The molecule has 4 nitrogen and oxygen atoms in total. The lowest BCUT2D eigenvalue weighted by atomic mass is 10.1. The van der Waals surface area contributed by atoms with Gasteiger partial charge in [0.15, 0.2) is 0 Å². The van der Waals surface area contributed by atoms with Crippen molar-refractivity contribution < 1.29 is 9.59 Å². The fourth-order valence-corrected chi connectivity index (χ4v) is 2.76. The summed E-state index contributed by atoms with van der Waals surface area (Å²) in [6, 6.07) is 12.5. The monoisotopic (exact) mass is 360 g/mol. The van der Waals surface area contributed by atoms with E-state index in [1.54, 1.807) is 30.3 Å². The van der Waals surface area contributed by atoms with Crippen LogP contribution in [0.1, 0.15) is 15.9 Å². The Kier molecular flexibility index (Phi) is 4.88. The van der Waals surface area contributed by atoms with Crippen LogP contribution in [0.5, 0.6) is 0 Å². The highest BCUT2D eigenvalue weighted by Gasteiger charge is 2.19. The van der Waals surface area contributed by atoms with Gasteiger partial charge in [-0.2, -0.15) is 0 Å². The molecule has 1 aromatic heterocycles. The molecule has 2 aromatic carbocycles. The quantitative estimate of drug-likeness (QED) is 0.533. The summed E-state index contributed by atoms with van der Waals surface area (Å²) in [5, 5.41) is 4.56. The molecular weight excluding hydrogens is 347 g/mol. The first kappa shape index (κ1) is 16.6. The van der Waals surface area contributed by atoms with E-state index in [0.29, 0.717) is 34.0 Å². The minimum atomic E-state index is -0.625. The fraction of sp³-hybridized carbons (Fsp3) is 0.111. The highest BCUT2D eigenvalue weighted by molar-refractivity contribution is 6.45. The molecule has 0 atom stereocenters. The van der Waals surface area contributed by atoms with E-state index in [4.69, 9.17) is 23.2 Å². The van der Waals surface area contributed by atoms with Crippen molar-refractivity contribution in [2.75, 3.05) is 6.54 Å². The van der Waals surface area contributed by atoms with E-state index in [-0.39, 0.29) is 0 Å². The molecule has 3 rings (SSSR count). The lowest BCUT2D eigenvalue weighted by Gasteiger charge is -2.04. The van der Waals surface area contributed by atoms with Crippen molar-refractivity contribution >= 4 is 45.8 Å². The first-order valence-electron chi connectivity index (χ1n) is 7.38. The van der Waals surface area contributed by atoms with Crippen molar-refractivity contribution in [3.05, 3.63) is 69.8 Å². The van der Waals surface area contributed by atoms with Crippen LogP contribution in [0.3, 0.4) is 0 Å². The lowest BCUT2D eigenvalue weighted by Crippen LogP contribution is -2.32. The van der Waals surface area contributed by atoms with E-state index in [2.05, 4.69) is 10.3 Å². The first-order valence-corrected chi connectivity index (χ1v) is 8.14. The third-order valence-electron chi connectivity index (χ3n) is 3.71. The first-order chi connectivity index (χ1) is 11.5. The standard InChI is InChI=1S/C18H14Cl2N2O2/c19-12-3-1-11(2-4-12)7-8-21-18(24)17(23)15-10-22-16-9-13(20)5-6-14(15)16/h1-6,9-10,22H,7-8H2,(H,21,24). The molecule has 0 bridgehead atoms. The fourth-order valence-electron chi connectivity index (χ4n) is 2.46. The number of halogens is 2. The second-order valence-corrected chi connectivity index (χ2v) is 6.23. The van der Waals surface area contributed by atoms with Crippen molar-refractivity contribution in [2.45, 2.75) is 6.42 Å². The molecule has 3 aromatic rings. The zero-order chi connectivity index (χ0) is 17.1. The maximum absolute atomic E-state index is 12.3. The predicted octanol–water partition coefficient (Wildman–Crippen LogP) is 4.02. The lowest BCUT2D eigenvalue weighted by molar-refractivity contribution is -0.116. The summed E-state index contributed by atoms with van der Waals surface area (Å²) in [5.74, 6) is -1.19. The molecule has 0 aliphatic rings. The van der Waals surface area contributed by atoms with Gasteiger partial charge in [-0.25, -0.2) is 0 Å². The number of benzene rings is 2. The molecule has 0 radical (unpaired) electrons. The van der Waals surface area contributed by atoms with E-state index < -0.39 is 11.7 Å². The van der Waals surface area contributed by atoms with E-state index in [1.165, 1.54) is 6.20 Å². The van der Waals surface area contributed by atoms with Gasteiger partial charge in [-0.15, -0.1) is 0 Å². The van der Waals surface area contributed by atoms with Gasteiger partial charge in [-0.3, -0.25) is 9.59 Å². The van der Waals surface area contributed by atoms with E-state index >= 15 is 0 Å². The molecule has 1 amide bonds. The van der Waals surface area contributed by atoms with E-state index in [0.717, 1.165) is 11.1 Å². The average Bonchev–Trinajstić information content (AvgIpc) is 2.98. The number of amides is 1. The Morgan fingerprint density at radius 1 is 1.00 bits per heavy atom. The number of nitrogens with one attached hydrogen (secondary N) is 2. The number of hydrogen-bond donors (Lipinski definition) is 2. The molecule has 0 spiro atoms. The van der Waals surface area contributed by atoms with Gasteiger partial charge in [0.2, 0.25) is 0 Å². The zero-order valence-electron chi connectivity index (χ0n) is 12.6. The number of aromatic nitrogens is 1. The highest BCUT2D eigenvalue weighted by atomic mass is 35.5. The Hall–Kier alpha value is -2.30. The number of carbonyl (C=O) groups is 2. The highest BCUT2D eigenvalue weighted by Crippen LogP contribution is 2.22. The Labute approximate surface area is 148 Å². The van der Waals surface area contributed by atoms with Gasteiger partial charge in [-0.1, -0.05) is 41.4 Å². The topological polar surface area (TPSA) is 62.0 Å². The summed E-state index contributed by atoms with van der Waals surface area (Å²) >= 11 is 11.7. The summed E-state index contributed by atoms with van der Waals surface area (Å²) < 4.78 is 0. The van der Waals surface area contributed by atoms with Crippen LogP contribution in [0.2, 0.25) is 10.0 Å². The molecule has 0 saturated heterocycles. The number of ketones is 1. The van der Waals surface area contributed by atoms with Crippen molar-refractivity contribution in [3.63, 3.8) is 0 Å². The minimum absolute atomic E-state index is 0.339. The average molecular weight is 361 g/mol. The van der Waals surface area contributed by atoms with Crippen LogP contribution in [0.15, 0.2) is 48.7 Å². The van der Waals surface area contributed by atoms with E-state index in [9.17, 15) is 9.59 Å². The van der Waals surface area contributed by atoms with Crippen LogP contribution in [-0.4, -0.2) is 23.2 Å². The van der Waals surface area contributed by atoms with Crippen LogP contribution < -0.4 is 5.32 Å². The Morgan fingerprint density at radius 2 is 1.71 bits per heavy atom. The second-order valence-electron chi connectivity index (χ2n) is 5.35. The van der Waals surface area contributed by atoms with E-state index in [1.807, 2.05) is 12.1 Å². The number of rotatable bonds is 5. The van der Waals surface area contributed by atoms with Crippen LogP contribution >= 0.6 is 23.2 Å². The molecule has 0 aliphatic heterocycles. The number of fused-ring (bicyclic) bond motifs is 1. The van der Waals surface area contributed by atoms with Crippen LogP contribution in [0.25, 0.3) is 10.9 Å². The van der Waals surface area contributed by atoms with Gasteiger partial charge in [0.25, 0.3) is 11.7 Å². The van der Waals surface area contributed by atoms with Crippen molar-refractivity contribution in [3.8, 4) is 0 Å². The van der Waals surface area contributed by atoms with Crippen LogP contribution in [0.4, 0.5) is 0 Å². The van der Waals surface area contributed by atoms with Gasteiger partial charge in [0.1, 0.15) is 0 Å². The third-order valence-corrected chi connectivity index (χ3v) is 4.19. The largest absolute Gasteiger partial charge is 0.360 e. The second kappa shape index (κ2) is 7.07. The Morgan fingerprint density at radius 3 is 2.46 bits per heavy atom. The van der Waals surface area contributed by atoms with Gasteiger partial charge in [0.05, 0.1) is 5.56 Å². The molecule has 0 saturated carbocycles. The van der Waals surface area contributed by atoms with Crippen LogP contribution in [-0.2, 0) is 11.2 Å². The van der Waals surface area contributed by atoms with Crippen molar-refractivity contribution in [2.24, 2.45) is 0 Å². The maximum atomic E-state index is 12.3. The van der Waals surface area contributed by atoms with Crippen molar-refractivity contribution in [1.82, 2.24) is 10.3 Å². The van der Waals surface area contributed by atoms with Gasteiger partial charge < -0.3 is 10.3 Å². The summed E-state index contributed by atoms with van der Waals surface area (Å²) in [5.41, 5.74) is 2.10. The molecule has 0 aliphatic carbocycles. The zero-order valence-corrected chi connectivity index (χ0v) is 14.1. The van der Waals surface area contributed by atoms with Gasteiger partial charge >= 0.3 is 0 Å². The third kappa shape index (κ3) is 3.61. The number of Topliss-reactive ketones (excluding diaryl/α,β-unsaturated/α-hetero) is 1. The minimum Gasteiger partial charge on any atom is -0.360 e. The van der Waals surface area contributed by atoms with Gasteiger partial charge in [0, 0.05) is 33.7 Å². The summed E-state index contributed by atoms with van der Waals surface area (Å²) in [4.78, 5) is 27.3. The molecule has 0 unspecified atom stereocenters. The Balaban J connectivity index is 1.63.